The number of fused-ring (bicyclic) bond motifs is 1. The molecule has 2 aromatic heterocycles. The molecule has 196 valence electrons. The number of esters is 1. The van der Waals surface area contributed by atoms with Crippen molar-refractivity contribution < 1.29 is 24.1 Å². The molecule has 1 fully saturated rings. The van der Waals surface area contributed by atoms with E-state index in [2.05, 4.69) is 9.88 Å². The predicted octanol–water partition coefficient (Wildman–Crippen LogP) is 3.41. The van der Waals surface area contributed by atoms with Crippen molar-refractivity contribution in [2.45, 2.75) is 84.1 Å². The fraction of sp³-hybridized carbons (Fsp3) is 0.720. The van der Waals surface area contributed by atoms with Gasteiger partial charge in [-0.3, -0.25) is 9.69 Å². The fourth-order valence-corrected chi connectivity index (χ4v) is 5.49. The van der Waals surface area contributed by atoms with Crippen LogP contribution in [0.1, 0.15) is 73.9 Å². The molecule has 0 aliphatic heterocycles. The lowest BCUT2D eigenvalue weighted by atomic mass is 9.94. The van der Waals surface area contributed by atoms with E-state index in [-0.39, 0.29) is 24.4 Å². The van der Waals surface area contributed by atoms with Gasteiger partial charge in [0.1, 0.15) is 22.1 Å². The maximum Gasteiger partial charge on any atom is 0.348 e. The van der Waals surface area contributed by atoms with Gasteiger partial charge in [-0.1, -0.05) is 19.3 Å². The van der Waals surface area contributed by atoms with Crippen LogP contribution >= 0.6 is 11.3 Å². The Kier molecular flexibility index (Phi) is 9.83. The largest absolute Gasteiger partial charge is 0.459 e. The number of thiophene rings is 1. The van der Waals surface area contributed by atoms with E-state index in [0.29, 0.717) is 52.2 Å². The zero-order valence-electron chi connectivity index (χ0n) is 21.5. The first-order chi connectivity index (χ1) is 16.6. The second-order valence-corrected chi connectivity index (χ2v) is 11.2. The van der Waals surface area contributed by atoms with E-state index < -0.39 is 12.1 Å². The van der Waals surface area contributed by atoms with Crippen LogP contribution in [0.3, 0.4) is 0 Å². The molecule has 0 spiro atoms. The van der Waals surface area contributed by atoms with Gasteiger partial charge in [-0.15, -0.1) is 11.3 Å². The topological polar surface area (TPSA) is 114 Å². The van der Waals surface area contributed by atoms with Gasteiger partial charge in [0.25, 0.3) is 5.56 Å². The molecule has 1 aliphatic rings. The van der Waals surface area contributed by atoms with E-state index in [4.69, 9.17) is 19.2 Å². The number of nitrogens with one attached hydrogen (secondary N) is 1. The van der Waals surface area contributed by atoms with Crippen molar-refractivity contribution in [3.05, 3.63) is 26.6 Å². The first-order valence-corrected chi connectivity index (χ1v) is 13.1. The molecular formula is C25H39N3O6S. The quantitative estimate of drug-likeness (QED) is 0.350. The minimum atomic E-state index is -0.649. The summed E-state index contributed by atoms with van der Waals surface area (Å²) in [4.78, 5) is 36.2. The zero-order chi connectivity index (χ0) is 25.6. The molecule has 1 atom stereocenters. The molecular weight excluding hydrogens is 470 g/mol. The average Bonchev–Trinajstić information content (AvgIpc) is 3.14. The summed E-state index contributed by atoms with van der Waals surface area (Å²) in [7, 11) is 1.54. The number of carbonyl (C=O) groups excluding carboxylic acids is 1. The summed E-state index contributed by atoms with van der Waals surface area (Å²) >= 11 is 1.17. The normalized spacial score (nSPS) is 16.2. The van der Waals surface area contributed by atoms with Gasteiger partial charge < -0.3 is 24.3 Å². The maximum atomic E-state index is 13.0. The number of H-pyrrole nitrogens is 1. The van der Waals surface area contributed by atoms with Crippen LogP contribution in [0.5, 0.6) is 0 Å². The van der Waals surface area contributed by atoms with Crippen LogP contribution in [-0.2, 0) is 20.8 Å². The van der Waals surface area contributed by atoms with E-state index in [1.54, 1.807) is 6.92 Å². The second kappa shape index (κ2) is 12.4. The van der Waals surface area contributed by atoms with Crippen LogP contribution in [0.2, 0.25) is 0 Å². The summed E-state index contributed by atoms with van der Waals surface area (Å²) in [6.07, 6.45) is 4.97. The van der Waals surface area contributed by atoms with Crippen molar-refractivity contribution in [2.75, 3.05) is 33.5 Å². The van der Waals surface area contributed by atoms with Crippen molar-refractivity contribution in [3.63, 3.8) is 0 Å². The molecule has 3 rings (SSSR count). The Morgan fingerprint density at radius 3 is 2.63 bits per heavy atom. The van der Waals surface area contributed by atoms with Crippen LogP contribution in [0.25, 0.3) is 10.2 Å². The van der Waals surface area contributed by atoms with Gasteiger partial charge in [0.15, 0.2) is 0 Å². The predicted molar refractivity (Wildman–Crippen MR) is 136 cm³/mol. The monoisotopic (exact) mass is 509 g/mol. The Labute approximate surface area is 210 Å². The lowest BCUT2D eigenvalue weighted by Gasteiger charge is -2.35. The number of rotatable bonds is 11. The van der Waals surface area contributed by atoms with E-state index >= 15 is 0 Å². The highest BCUT2D eigenvalue weighted by molar-refractivity contribution is 7.20. The number of methoxy groups -OCH3 is 1. The zero-order valence-corrected chi connectivity index (χ0v) is 22.3. The fourth-order valence-electron chi connectivity index (χ4n) is 4.39. The van der Waals surface area contributed by atoms with Crippen molar-refractivity contribution in [1.29, 1.82) is 0 Å². The van der Waals surface area contributed by atoms with Crippen LogP contribution in [-0.4, -0.2) is 77.2 Å². The third-order valence-corrected chi connectivity index (χ3v) is 7.32. The van der Waals surface area contributed by atoms with Crippen LogP contribution in [0.4, 0.5) is 0 Å². The minimum Gasteiger partial charge on any atom is -0.459 e. The van der Waals surface area contributed by atoms with Crippen molar-refractivity contribution in [2.24, 2.45) is 0 Å². The SMILES string of the molecule is COCCOC(=O)c1sc2nc(CN(C[C@H](O)COC(C)(C)C)C3CCCCC3)[nH]c(=O)c2c1C. The summed E-state index contributed by atoms with van der Waals surface area (Å²) in [6.45, 7) is 9.18. The Hall–Kier alpha value is -1.85. The van der Waals surface area contributed by atoms with E-state index in [1.807, 2.05) is 20.8 Å². The number of ether oxygens (including phenoxy) is 3. The van der Waals surface area contributed by atoms with Gasteiger partial charge in [-0.05, 0) is 46.1 Å². The molecule has 2 N–H and O–H groups in total. The number of aromatic nitrogens is 2. The van der Waals surface area contributed by atoms with Gasteiger partial charge in [-0.2, -0.15) is 0 Å². The van der Waals surface area contributed by atoms with Crippen molar-refractivity contribution in [1.82, 2.24) is 14.9 Å². The highest BCUT2D eigenvalue weighted by Crippen LogP contribution is 2.29. The number of aryl methyl sites for hydroxylation is 1. The summed E-state index contributed by atoms with van der Waals surface area (Å²) < 4.78 is 15.9. The summed E-state index contributed by atoms with van der Waals surface area (Å²) in [5, 5.41) is 11.1. The minimum absolute atomic E-state index is 0.148. The standard InChI is InChI=1S/C25H39N3O6S/c1-16-20-22(30)26-19(27-23(20)35-21(16)24(31)33-12-11-32-5)14-28(17-9-7-6-8-10-17)13-18(29)15-34-25(2,3)4/h17-18,29H,6-15H2,1-5H3,(H,26,27,30)/t18-/m0/s1. The molecule has 0 aromatic carbocycles. The van der Waals surface area contributed by atoms with E-state index in [9.17, 15) is 14.7 Å². The lowest BCUT2D eigenvalue weighted by molar-refractivity contribution is -0.0610. The molecule has 0 saturated heterocycles. The molecule has 2 aromatic rings. The van der Waals surface area contributed by atoms with Gasteiger partial charge in [0.2, 0.25) is 0 Å². The molecule has 9 nitrogen and oxygen atoms in total. The van der Waals surface area contributed by atoms with Gasteiger partial charge >= 0.3 is 5.97 Å². The molecule has 10 heteroatoms. The molecule has 1 aliphatic carbocycles. The van der Waals surface area contributed by atoms with Gasteiger partial charge in [-0.25, -0.2) is 9.78 Å². The summed E-state index contributed by atoms with van der Waals surface area (Å²) in [6, 6.07) is 0.311. The molecule has 0 unspecified atom stereocenters. The van der Waals surface area contributed by atoms with Crippen molar-refractivity contribution in [3.8, 4) is 0 Å². The maximum absolute atomic E-state index is 13.0. The Bertz CT molecular complexity index is 1040. The molecule has 2 heterocycles. The second-order valence-electron chi connectivity index (χ2n) is 10.2. The first kappa shape index (κ1) is 27.7. The van der Waals surface area contributed by atoms with Crippen LogP contribution in [0.15, 0.2) is 4.79 Å². The molecule has 0 amide bonds. The van der Waals surface area contributed by atoms with Crippen molar-refractivity contribution >= 4 is 27.5 Å². The third kappa shape index (κ3) is 7.82. The summed E-state index contributed by atoms with van der Waals surface area (Å²) in [5.74, 6) is 0.0480. The number of hydrogen-bond donors (Lipinski definition) is 2. The van der Waals surface area contributed by atoms with E-state index in [0.717, 1.165) is 25.7 Å². The van der Waals surface area contributed by atoms with Crippen LogP contribution in [0, 0.1) is 6.92 Å². The molecule has 1 saturated carbocycles. The first-order valence-electron chi connectivity index (χ1n) is 12.3. The third-order valence-electron chi connectivity index (χ3n) is 6.15. The van der Waals surface area contributed by atoms with Gasteiger partial charge in [0.05, 0.1) is 36.8 Å². The summed E-state index contributed by atoms with van der Waals surface area (Å²) in [5.41, 5.74) is -0.0185. The smallest absolute Gasteiger partial charge is 0.348 e. The number of aliphatic hydroxyl groups excluding tert-OH is 1. The number of nitrogens with zero attached hydrogens (tertiary/aromatic N) is 2. The van der Waals surface area contributed by atoms with Gasteiger partial charge in [0, 0.05) is 19.7 Å². The number of aliphatic hydroxyl groups is 1. The molecule has 35 heavy (non-hydrogen) atoms. The molecule has 0 radical (unpaired) electrons. The Balaban J connectivity index is 1.81. The molecule has 0 bridgehead atoms. The van der Waals surface area contributed by atoms with Crippen LogP contribution < -0.4 is 5.56 Å². The van der Waals surface area contributed by atoms with E-state index in [1.165, 1.54) is 24.9 Å². The number of carbonyl (C=O) groups is 1. The average molecular weight is 510 g/mol. The lowest BCUT2D eigenvalue weighted by Crippen LogP contribution is -2.43. The number of hydrogen-bond acceptors (Lipinski definition) is 9. The highest BCUT2D eigenvalue weighted by atomic mass is 32.1. The highest BCUT2D eigenvalue weighted by Gasteiger charge is 2.26. The Morgan fingerprint density at radius 1 is 1.26 bits per heavy atom. The Morgan fingerprint density at radius 2 is 1.97 bits per heavy atom. The number of aromatic amines is 1.